The van der Waals surface area contributed by atoms with Crippen molar-refractivity contribution >= 4 is 21.8 Å². The first-order valence-electron chi connectivity index (χ1n) is 9.63. The molecule has 1 amide bonds. The summed E-state index contributed by atoms with van der Waals surface area (Å²) in [5.74, 6) is 0.140. The molecule has 0 bridgehead atoms. The van der Waals surface area contributed by atoms with Crippen LogP contribution < -0.4 is 0 Å². The van der Waals surface area contributed by atoms with E-state index in [1.54, 1.807) is 0 Å². The van der Waals surface area contributed by atoms with Crippen molar-refractivity contribution in [2.75, 3.05) is 26.3 Å². The molecule has 27 heavy (non-hydrogen) atoms. The highest BCUT2D eigenvalue weighted by molar-refractivity contribution is 9.10. The monoisotopic (exact) mass is 428 g/mol. The minimum Gasteiger partial charge on any atom is -0.379 e. The number of carbonyl (C=O) groups excluding carboxylic acids is 1. The highest BCUT2D eigenvalue weighted by Crippen LogP contribution is 2.30. The number of halogens is 1. The number of hydrogen-bond donors (Lipinski definition) is 0. The van der Waals surface area contributed by atoms with Gasteiger partial charge in [-0.15, -0.1) is 0 Å². The minimum absolute atomic E-state index is 0.140. The van der Waals surface area contributed by atoms with Crippen LogP contribution in [0.25, 0.3) is 0 Å². The third-order valence-corrected chi connectivity index (χ3v) is 5.67. The maximum atomic E-state index is 13.2. The van der Waals surface area contributed by atoms with Crippen LogP contribution in [0.1, 0.15) is 34.3 Å². The zero-order valence-corrected chi connectivity index (χ0v) is 17.0. The summed E-state index contributed by atoms with van der Waals surface area (Å²) >= 11 is 3.53. The Morgan fingerprint density at radius 3 is 2.56 bits per heavy atom. The molecule has 1 aliphatic carbocycles. The molecule has 2 aromatic carbocycles. The summed E-state index contributed by atoms with van der Waals surface area (Å²) < 4.78 is 6.47. The highest BCUT2D eigenvalue weighted by atomic mass is 79.9. The van der Waals surface area contributed by atoms with Crippen LogP contribution in [0.3, 0.4) is 0 Å². The Morgan fingerprint density at radius 1 is 1.07 bits per heavy atom. The van der Waals surface area contributed by atoms with Crippen LogP contribution in [0, 0.1) is 0 Å². The number of ether oxygens (including phenoxy) is 1. The average Bonchev–Trinajstić information content (AvgIpc) is 3.52. The van der Waals surface area contributed by atoms with Gasteiger partial charge >= 0.3 is 0 Å². The van der Waals surface area contributed by atoms with Crippen molar-refractivity contribution in [2.24, 2.45) is 0 Å². The standard InChI is InChI=1S/C22H25BrN2O2/c23-20-6-2-4-18(14-20)16-25(21-7-8-21)22(26)19-5-1-3-17(13-19)15-24-9-11-27-12-10-24/h1-6,13-14,21H,7-12,15-16H2. The molecule has 0 unspecified atom stereocenters. The molecule has 0 aromatic heterocycles. The third-order valence-electron chi connectivity index (χ3n) is 5.17. The molecule has 1 saturated heterocycles. The van der Waals surface area contributed by atoms with Crippen LogP contribution in [-0.4, -0.2) is 48.1 Å². The lowest BCUT2D eigenvalue weighted by Crippen LogP contribution is -2.36. The largest absolute Gasteiger partial charge is 0.379 e. The molecule has 0 radical (unpaired) electrons. The molecule has 5 heteroatoms. The van der Waals surface area contributed by atoms with Gasteiger partial charge in [-0.1, -0.05) is 40.2 Å². The Morgan fingerprint density at radius 2 is 1.81 bits per heavy atom. The molecule has 2 fully saturated rings. The van der Waals surface area contributed by atoms with Crippen molar-refractivity contribution in [3.63, 3.8) is 0 Å². The number of amides is 1. The minimum atomic E-state index is 0.140. The summed E-state index contributed by atoms with van der Waals surface area (Å²) in [4.78, 5) is 17.7. The Kier molecular flexibility index (Phi) is 5.91. The smallest absolute Gasteiger partial charge is 0.254 e. The Labute approximate surface area is 169 Å². The molecule has 0 spiro atoms. The fourth-order valence-corrected chi connectivity index (χ4v) is 4.02. The zero-order valence-electron chi connectivity index (χ0n) is 15.4. The van der Waals surface area contributed by atoms with Crippen LogP contribution in [0.5, 0.6) is 0 Å². The van der Waals surface area contributed by atoms with Gasteiger partial charge in [0.15, 0.2) is 0 Å². The van der Waals surface area contributed by atoms with E-state index >= 15 is 0 Å². The molecule has 0 atom stereocenters. The van der Waals surface area contributed by atoms with Gasteiger partial charge in [0.1, 0.15) is 0 Å². The van der Waals surface area contributed by atoms with Gasteiger partial charge in [0.25, 0.3) is 5.91 Å². The van der Waals surface area contributed by atoms with Crippen molar-refractivity contribution in [2.45, 2.75) is 32.0 Å². The first kappa shape index (κ1) is 18.7. The van der Waals surface area contributed by atoms with E-state index in [-0.39, 0.29) is 5.91 Å². The molecule has 0 N–H and O–H groups in total. The number of benzene rings is 2. The topological polar surface area (TPSA) is 32.8 Å². The summed E-state index contributed by atoms with van der Waals surface area (Å²) in [5, 5.41) is 0. The molecule has 2 aliphatic rings. The van der Waals surface area contributed by atoms with Crippen molar-refractivity contribution in [3.05, 3.63) is 69.7 Å². The van der Waals surface area contributed by atoms with Gasteiger partial charge in [-0.3, -0.25) is 9.69 Å². The quantitative estimate of drug-likeness (QED) is 0.694. The fourth-order valence-electron chi connectivity index (χ4n) is 3.57. The van der Waals surface area contributed by atoms with Crippen molar-refractivity contribution < 1.29 is 9.53 Å². The molecule has 1 heterocycles. The van der Waals surface area contributed by atoms with E-state index in [1.807, 2.05) is 29.2 Å². The second kappa shape index (κ2) is 8.55. The van der Waals surface area contributed by atoms with Crippen molar-refractivity contribution in [3.8, 4) is 0 Å². The number of carbonyl (C=O) groups is 1. The average molecular weight is 429 g/mol. The van der Waals surface area contributed by atoms with Gasteiger partial charge in [-0.25, -0.2) is 0 Å². The predicted octanol–water partition coefficient (Wildman–Crippen LogP) is 4.09. The number of rotatable bonds is 6. The first-order valence-corrected chi connectivity index (χ1v) is 10.4. The van der Waals surface area contributed by atoms with E-state index in [9.17, 15) is 4.79 Å². The lowest BCUT2D eigenvalue weighted by molar-refractivity contribution is 0.0341. The molecule has 4 nitrogen and oxygen atoms in total. The van der Waals surface area contributed by atoms with E-state index < -0.39 is 0 Å². The van der Waals surface area contributed by atoms with E-state index in [0.29, 0.717) is 12.6 Å². The van der Waals surface area contributed by atoms with Crippen LogP contribution in [0.15, 0.2) is 53.0 Å². The number of hydrogen-bond acceptors (Lipinski definition) is 3. The van der Waals surface area contributed by atoms with Gasteiger partial charge < -0.3 is 9.64 Å². The van der Waals surface area contributed by atoms with E-state index in [2.05, 4.69) is 45.1 Å². The number of morpholine rings is 1. The van der Waals surface area contributed by atoms with Gasteiger partial charge in [0.2, 0.25) is 0 Å². The van der Waals surface area contributed by atoms with Gasteiger partial charge in [0.05, 0.1) is 13.2 Å². The Balaban J connectivity index is 1.48. The second-order valence-corrected chi connectivity index (χ2v) is 8.30. The second-order valence-electron chi connectivity index (χ2n) is 7.38. The van der Waals surface area contributed by atoms with Crippen LogP contribution in [-0.2, 0) is 17.8 Å². The lowest BCUT2D eigenvalue weighted by Gasteiger charge is -2.27. The summed E-state index contributed by atoms with van der Waals surface area (Å²) in [6, 6.07) is 16.7. The fraction of sp³-hybridized carbons (Fsp3) is 0.409. The predicted molar refractivity (Wildman–Crippen MR) is 110 cm³/mol. The van der Waals surface area contributed by atoms with Gasteiger partial charge in [0, 0.05) is 42.3 Å². The van der Waals surface area contributed by atoms with Crippen LogP contribution >= 0.6 is 15.9 Å². The summed E-state index contributed by atoms with van der Waals surface area (Å²) in [7, 11) is 0. The Bertz CT molecular complexity index is 800. The van der Waals surface area contributed by atoms with Crippen LogP contribution in [0.2, 0.25) is 0 Å². The van der Waals surface area contributed by atoms with E-state index in [4.69, 9.17) is 4.74 Å². The molecule has 1 aliphatic heterocycles. The molecule has 2 aromatic rings. The maximum absolute atomic E-state index is 13.2. The molecular weight excluding hydrogens is 404 g/mol. The lowest BCUT2D eigenvalue weighted by atomic mass is 10.1. The van der Waals surface area contributed by atoms with Crippen LogP contribution in [0.4, 0.5) is 0 Å². The zero-order chi connectivity index (χ0) is 18.6. The van der Waals surface area contributed by atoms with Gasteiger partial charge in [-0.05, 0) is 48.2 Å². The summed E-state index contributed by atoms with van der Waals surface area (Å²) in [6.45, 7) is 5.03. The molecule has 4 rings (SSSR count). The molecule has 142 valence electrons. The third kappa shape index (κ3) is 4.98. The maximum Gasteiger partial charge on any atom is 0.254 e. The SMILES string of the molecule is O=C(c1cccc(CN2CCOCC2)c1)N(Cc1cccc(Br)c1)C1CC1. The van der Waals surface area contributed by atoms with E-state index in [1.165, 1.54) is 5.56 Å². The number of nitrogens with zero attached hydrogens (tertiary/aromatic N) is 2. The molecular formula is C22H25BrN2O2. The molecule has 1 saturated carbocycles. The van der Waals surface area contributed by atoms with E-state index in [0.717, 1.165) is 61.3 Å². The van der Waals surface area contributed by atoms with Gasteiger partial charge in [-0.2, -0.15) is 0 Å². The summed E-state index contributed by atoms with van der Waals surface area (Å²) in [6.07, 6.45) is 2.21. The summed E-state index contributed by atoms with van der Waals surface area (Å²) in [5.41, 5.74) is 3.15. The van der Waals surface area contributed by atoms with Crippen molar-refractivity contribution in [1.29, 1.82) is 0 Å². The first-order chi connectivity index (χ1) is 13.2. The van der Waals surface area contributed by atoms with Crippen molar-refractivity contribution in [1.82, 2.24) is 9.80 Å². The highest BCUT2D eigenvalue weighted by Gasteiger charge is 2.33. The Hall–Kier alpha value is -1.69. The normalized spacial score (nSPS) is 17.7.